The second-order valence-corrected chi connectivity index (χ2v) is 9.48. The van der Waals surface area contributed by atoms with Gasteiger partial charge in [-0.25, -0.2) is 21.6 Å². The van der Waals surface area contributed by atoms with Crippen molar-refractivity contribution in [2.24, 2.45) is 4.99 Å². The van der Waals surface area contributed by atoms with Crippen molar-refractivity contribution in [1.82, 2.24) is 15.4 Å². The Bertz CT molecular complexity index is 578. The van der Waals surface area contributed by atoms with Gasteiger partial charge in [0.25, 0.3) is 0 Å². The smallest absolute Gasteiger partial charge is 0.211 e. The predicted octanol–water partition coefficient (Wildman–Crippen LogP) is -0.324. The second kappa shape index (κ2) is 10.7. The van der Waals surface area contributed by atoms with Crippen LogP contribution >= 0.6 is 24.0 Å². The van der Waals surface area contributed by atoms with Crippen LogP contribution in [0.3, 0.4) is 0 Å². The molecule has 1 aliphatic heterocycles. The minimum atomic E-state index is -3.16. The number of sulfone groups is 1. The third kappa shape index (κ3) is 9.67. The lowest BCUT2D eigenvalue weighted by atomic mass is 10.3. The lowest BCUT2D eigenvalue weighted by Crippen LogP contribution is -2.44. The molecule has 1 atom stereocenters. The Kier molecular flexibility index (Phi) is 10.6. The van der Waals surface area contributed by atoms with Gasteiger partial charge in [-0.3, -0.25) is 4.99 Å². The molecule has 8 nitrogen and oxygen atoms in total. The highest BCUT2D eigenvalue weighted by atomic mass is 127. The van der Waals surface area contributed by atoms with Crippen LogP contribution in [0.5, 0.6) is 0 Å². The number of hydrogen-bond donors (Lipinski definition) is 3. The van der Waals surface area contributed by atoms with Crippen LogP contribution in [0.25, 0.3) is 0 Å². The predicted molar refractivity (Wildman–Crippen MR) is 104 cm³/mol. The number of hydrogen-bond acceptors (Lipinski definition) is 5. The van der Waals surface area contributed by atoms with Gasteiger partial charge in [0.15, 0.2) is 15.8 Å². The van der Waals surface area contributed by atoms with E-state index in [1.54, 1.807) is 6.92 Å². The Morgan fingerprint density at radius 2 is 2.00 bits per heavy atom. The summed E-state index contributed by atoms with van der Waals surface area (Å²) in [6.45, 7) is 4.99. The highest BCUT2D eigenvalue weighted by Crippen LogP contribution is 2.10. The highest BCUT2D eigenvalue weighted by Gasteiger charge is 2.28. The summed E-state index contributed by atoms with van der Waals surface area (Å²) in [5.41, 5.74) is 0. The van der Waals surface area contributed by atoms with E-state index in [1.165, 1.54) is 0 Å². The molecule has 138 valence electrons. The molecule has 1 rings (SSSR count). The molecule has 11 heteroatoms. The van der Waals surface area contributed by atoms with Crippen molar-refractivity contribution in [3.8, 4) is 0 Å². The lowest BCUT2D eigenvalue weighted by Gasteiger charge is -2.15. The van der Waals surface area contributed by atoms with Crippen LogP contribution in [-0.2, 0) is 19.9 Å². The number of halogens is 1. The maximum atomic E-state index is 11.4. The first-order chi connectivity index (χ1) is 10.3. The molecular weight excluding hydrogens is 455 g/mol. The molecule has 1 aliphatic rings. The van der Waals surface area contributed by atoms with E-state index in [0.29, 0.717) is 38.4 Å². The number of rotatable bonds is 8. The van der Waals surface area contributed by atoms with Gasteiger partial charge in [-0.2, -0.15) is 0 Å². The van der Waals surface area contributed by atoms with Crippen LogP contribution < -0.4 is 15.4 Å². The molecule has 0 amide bonds. The van der Waals surface area contributed by atoms with Crippen LogP contribution in [0.4, 0.5) is 0 Å². The van der Waals surface area contributed by atoms with Crippen molar-refractivity contribution >= 4 is 49.8 Å². The van der Waals surface area contributed by atoms with Crippen molar-refractivity contribution in [2.75, 3.05) is 36.9 Å². The summed E-state index contributed by atoms with van der Waals surface area (Å²) < 4.78 is 47.9. The monoisotopic (exact) mass is 482 g/mol. The number of nitrogens with zero attached hydrogens (tertiary/aromatic N) is 1. The maximum absolute atomic E-state index is 11.4. The fourth-order valence-corrected chi connectivity index (χ4v) is 4.35. The van der Waals surface area contributed by atoms with Gasteiger partial charge in [0, 0.05) is 25.7 Å². The first-order valence-electron chi connectivity index (χ1n) is 7.50. The molecule has 3 N–H and O–H groups in total. The molecule has 0 bridgehead atoms. The summed E-state index contributed by atoms with van der Waals surface area (Å²) in [6.07, 6.45) is 1.17. The van der Waals surface area contributed by atoms with Gasteiger partial charge in [0.05, 0.1) is 17.3 Å². The molecular formula is C12H27IN4O4S2. The molecule has 1 saturated heterocycles. The standard InChI is InChI=1S/C12H26N4O4S2.HI/c1-3-13-12(16-11-6-9-21(17,18)10-11)14-7-5-8-15-22(19,20)4-2;/h11,15H,3-10H2,1-2H3,(H2,13,14,16);1H. The lowest BCUT2D eigenvalue weighted by molar-refractivity contribution is 0.580. The van der Waals surface area contributed by atoms with Gasteiger partial charge >= 0.3 is 0 Å². The van der Waals surface area contributed by atoms with E-state index in [9.17, 15) is 16.8 Å². The number of guanidine groups is 1. The van der Waals surface area contributed by atoms with E-state index >= 15 is 0 Å². The van der Waals surface area contributed by atoms with Gasteiger partial charge < -0.3 is 10.6 Å². The average Bonchev–Trinajstić information content (AvgIpc) is 2.77. The van der Waals surface area contributed by atoms with Gasteiger partial charge in [-0.05, 0) is 26.7 Å². The molecule has 1 fully saturated rings. The molecule has 0 aromatic rings. The third-order valence-electron chi connectivity index (χ3n) is 3.22. The Labute approximate surface area is 156 Å². The molecule has 0 aromatic heterocycles. The Hall–Kier alpha value is -0.140. The maximum Gasteiger partial charge on any atom is 0.211 e. The normalized spacial score (nSPS) is 20.8. The molecule has 0 radical (unpaired) electrons. The van der Waals surface area contributed by atoms with Crippen LogP contribution in [-0.4, -0.2) is 65.7 Å². The number of nitrogens with one attached hydrogen (secondary N) is 3. The largest absolute Gasteiger partial charge is 0.357 e. The van der Waals surface area contributed by atoms with E-state index in [4.69, 9.17) is 0 Å². The van der Waals surface area contributed by atoms with E-state index in [1.807, 2.05) is 6.92 Å². The van der Waals surface area contributed by atoms with Crippen molar-refractivity contribution < 1.29 is 16.8 Å². The summed E-state index contributed by atoms with van der Waals surface area (Å²) in [5, 5.41) is 6.17. The summed E-state index contributed by atoms with van der Waals surface area (Å²) in [7, 11) is -6.08. The first-order valence-corrected chi connectivity index (χ1v) is 11.0. The molecule has 23 heavy (non-hydrogen) atoms. The summed E-state index contributed by atoms with van der Waals surface area (Å²) in [4.78, 5) is 4.33. The SMILES string of the molecule is CCNC(=NCCCNS(=O)(=O)CC)NC1CCS(=O)(=O)C1.I. The fourth-order valence-electron chi connectivity index (χ4n) is 2.02. The molecule has 1 unspecified atom stereocenters. The fraction of sp³-hybridized carbons (Fsp3) is 0.917. The van der Waals surface area contributed by atoms with Gasteiger partial charge in [0.2, 0.25) is 10.0 Å². The molecule has 0 saturated carbocycles. The van der Waals surface area contributed by atoms with Crippen molar-refractivity contribution in [1.29, 1.82) is 0 Å². The van der Waals surface area contributed by atoms with Crippen LogP contribution in [0.2, 0.25) is 0 Å². The summed E-state index contributed by atoms with van der Waals surface area (Å²) in [6, 6.07) is -0.110. The zero-order valence-corrected chi connectivity index (χ0v) is 17.5. The highest BCUT2D eigenvalue weighted by molar-refractivity contribution is 14.0. The molecule has 0 aromatic carbocycles. The Morgan fingerprint density at radius 3 is 2.52 bits per heavy atom. The third-order valence-corrected chi connectivity index (χ3v) is 6.40. The molecule has 0 spiro atoms. The molecule has 0 aliphatic carbocycles. The van der Waals surface area contributed by atoms with Crippen molar-refractivity contribution in [2.45, 2.75) is 32.7 Å². The minimum absolute atomic E-state index is 0. The van der Waals surface area contributed by atoms with Crippen LogP contribution in [0.15, 0.2) is 4.99 Å². The summed E-state index contributed by atoms with van der Waals surface area (Å²) in [5.74, 6) is 0.982. The first kappa shape index (κ1) is 22.9. The Morgan fingerprint density at radius 1 is 1.30 bits per heavy atom. The Balaban J connectivity index is 0.00000484. The number of sulfonamides is 1. The van der Waals surface area contributed by atoms with Gasteiger partial charge in [-0.15, -0.1) is 24.0 Å². The van der Waals surface area contributed by atoms with Crippen molar-refractivity contribution in [3.05, 3.63) is 0 Å². The van der Waals surface area contributed by atoms with E-state index < -0.39 is 19.9 Å². The summed E-state index contributed by atoms with van der Waals surface area (Å²) >= 11 is 0. The van der Waals surface area contributed by atoms with Gasteiger partial charge in [-0.1, -0.05) is 0 Å². The second-order valence-electron chi connectivity index (χ2n) is 5.16. The van der Waals surface area contributed by atoms with Crippen LogP contribution in [0.1, 0.15) is 26.7 Å². The van der Waals surface area contributed by atoms with Gasteiger partial charge in [0.1, 0.15) is 0 Å². The molecule has 1 heterocycles. The quantitative estimate of drug-likeness (QED) is 0.189. The van der Waals surface area contributed by atoms with Crippen molar-refractivity contribution in [3.63, 3.8) is 0 Å². The average molecular weight is 482 g/mol. The zero-order valence-electron chi connectivity index (χ0n) is 13.5. The number of aliphatic imine (C=N–C) groups is 1. The van der Waals surface area contributed by atoms with E-state index in [-0.39, 0.29) is 47.3 Å². The van der Waals surface area contributed by atoms with E-state index in [0.717, 1.165) is 0 Å². The topological polar surface area (TPSA) is 117 Å². The van der Waals surface area contributed by atoms with E-state index in [2.05, 4.69) is 20.3 Å². The minimum Gasteiger partial charge on any atom is -0.357 e. The van der Waals surface area contributed by atoms with Crippen LogP contribution in [0, 0.1) is 0 Å². The zero-order chi connectivity index (χ0) is 16.6.